The number of carbonyl (C=O) groups excluding carboxylic acids is 4. The largest absolute Gasteiger partial charge is 0.513 e. The first-order chi connectivity index (χ1) is 18.0. The third-order valence-corrected chi connectivity index (χ3v) is 4.67. The third kappa shape index (κ3) is 13.7. The van der Waals surface area contributed by atoms with E-state index in [1.165, 1.54) is 19.1 Å². The van der Waals surface area contributed by atoms with Crippen LogP contribution in [-0.4, -0.2) is 62.5 Å². The van der Waals surface area contributed by atoms with E-state index in [0.29, 0.717) is 18.4 Å². The molecule has 2 atom stereocenters. The van der Waals surface area contributed by atoms with Gasteiger partial charge in [-0.1, -0.05) is 32.8 Å². The first-order valence-corrected chi connectivity index (χ1v) is 12.7. The van der Waals surface area contributed by atoms with Crippen molar-refractivity contribution in [2.24, 2.45) is 5.73 Å². The third-order valence-electron chi connectivity index (χ3n) is 4.67. The summed E-state index contributed by atoms with van der Waals surface area (Å²) in [6, 6.07) is 3.25. The first-order valence-electron chi connectivity index (χ1n) is 12.7. The maximum absolute atomic E-state index is 12.4. The molecule has 0 unspecified atom stereocenters. The van der Waals surface area contributed by atoms with E-state index in [0.717, 1.165) is 12.8 Å². The van der Waals surface area contributed by atoms with Gasteiger partial charge in [-0.05, 0) is 57.7 Å². The van der Waals surface area contributed by atoms with Crippen LogP contribution < -0.4 is 15.2 Å². The van der Waals surface area contributed by atoms with Gasteiger partial charge < -0.3 is 38.9 Å². The molecular weight excluding hydrogens is 502 g/mol. The zero-order valence-corrected chi connectivity index (χ0v) is 22.7. The fraction of sp³-hybridized carbons (Fsp3) is 0.615. The van der Waals surface area contributed by atoms with Crippen LogP contribution >= 0.6 is 0 Å². The van der Waals surface area contributed by atoms with E-state index in [1.807, 2.05) is 13.8 Å². The average molecular weight is 542 g/mol. The second kappa shape index (κ2) is 17.8. The molecule has 214 valence electrons. The van der Waals surface area contributed by atoms with Crippen molar-refractivity contribution in [1.29, 1.82) is 0 Å². The lowest BCUT2D eigenvalue weighted by Crippen LogP contribution is -2.37. The molecule has 1 aromatic rings. The number of nitrogens with two attached hydrogens (primary N) is 1. The predicted octanol–water partition coefficient (Wildman–Crippen LogP) is 4.68. The molecule has 12 nitrogen and oxygen atoms in total. The molecule has 0 saturated carbocycles. The van der Waals surface area contributed by atoms with Crippen molar-refractivity contribution in [2.45, 2.75) is 85.0 Å². The van der Waals surface area contributed by atoms with Crippen LogP contribution in [0.25, 0.3) is 0 Å². The van der Waals surface area contributed by atoms with Gasteiger partial charge in [0.15, 0.2) is 11.5 Å². The number of carbonyl (C=O) groups is 4. The van der Waals surface area contributed by atoms with Crippen molar-refractivity contribution in [1.82, 2.24) is 0 Å². The van der Waals surface area contributed by atoms with E-state index in [-0.39, 0.29) is 43.8 Å². The van der Waals surface area contributed by atoms with Gasteiger partial charge in [0.05, 0.1) is 19.3 Å². The number of unbranched alkanes of at least 4 members (excludes halogenated alkanes) is 2. The lowest BCUT2D eigenvalue weighted by atomic mass is 10.1. The van der Waals surface area contributed by atoms with E-state index < -0.39 is 36.6 Å². The van der Waals surface area contributed by atoms with Crippen LogP contribution in [0.4, 0.5) is 14.4 Å². The number of ether oxygens (including phenoxy) is 7. The molecule has 0 spiro atoms. The van der Waals surface area contributed by atoms with E-state index in [4.69, 9.17) is 38.9 Å². The number of hydrogen-bond donors (Lipinski definition) is 1. The molecule has 0 aliphatic carbocycles. The van der Waals surface area contributed by atoms with Gasteiger partial charge >= 0.3 is 24.4 Å². The summed E-state index contributed by atoms with van der Waals surface area (Å²) in [7, 11) is 0. The minimum atomic E-state index is -1.09. The zero-order chi connectivity index (χ0) is 28.5. The molecule has 1 rings (SSSR count). The molecule has 2 N–H and O–H groups in total. The van der Waals surface area contributed by atoms with Gasteiger partial charge in [-0.15, -0.1) is 0 Å². The molecule has 0 saturated heterocycles. The highest BCUT2D eigenvalue weighted by Crippen LogP contribution is 2.30. The zero-order valence-electron chi connectivity index (χ0n) is 22.7. The molecule has 0 heterocycles. The second-order valence-electron chi connectivity index (χ2n) is 8.67. The van der Waals surface area contributed by atoms with Gasteiger partial charge in [0, 0.05) is 0 Å². The quantitative estimate of drug-likeness (QED) is 0.142. The van der Waals surface area contributed by atoms with E-state index in [9.17, 15) is 19.2 Å². The van der Waals surface area contributed by atoms with Gasteiger partial charge in [0.2, 0.25) is 0 Å². The van der Waals surface area contributed by atoms with Gasteiger partial charge in [-0.2, -0.15) is 0 Å². The van der Waals surface area contributed by atoms with Crippen molar-refractivity contribution in [3.63, 3.8) is 0 Å². The smallest absolute Gasteiger partial charge is 0.458 e. The summed E-state index contributed by atoms with van der Waals surface area (Å²) in [4.78, 5) is 48.0. The van der Waals surface area contributed by atoms with Crippen LogP contribution in [0.1, 0.15) is 65.9 Å². The Morgan fingerprint density at radius 3 is 1.92 bits per heavy atom. The predicted molar refractivity (Wildman–Crippen MR) is 135 cm³/mol. The Morgan fingerprint density at radius 1 is 0.789 bits per heavy atom. The van der Waals surface area contributed by atoms with E-state index in [2.05, 4.69) is 0 Å². The van der Waals surface area contributed by atoms with Crippen LogP contribution in [0.2, 0.25) is 0 Å². The lowest BCUT2D eigenvalue weighted by Gasteiger charge is -2.18. The molecule has 38 heavy (non-hydrogen) atoms. The highest BCUT2D eigenvalue weighted by Gasteiger charge is 2.22. The Labute approximate surface area is 223 Å². The lowest BCUT2D eigenvalue weighted by molar-refractivity contribution is -0.152. The number of hydrogen-bond acceptors (Lipinski definition) is 12. The molecule has 0 fully saturated rings. The van der Waals surface area contributed by atoms with Gasteiger partial charge in [-0.25, -0.2) is 14.4 Å². The van der Waals surface area contributed by atoms with Crippen molar-refractivity contribution in [3.8, 4) is 11.5 Å². The Balaban J connectivity index is 2.83. The molecule has 0 radical (unpaired) electrons. The van der Waals surface area contributed by atoms with Crippen LogP contribution in [0.5, 0.6) is 11.5 Å². The first kappa shape index (κ1) is 32.5. The van der Waals surface area contributed by atoms with Crippen molar-refractivity contribution in [2.75, 3.05) is 19.8 Å². The molecule has 1 aromatic carbocycles. The Morgan fingerprint density at radius 2 is 1.37 bits per heavy atom. The van der Waals surface area contributed by atoms with Crippen LogP contribution in [0, 0.1) is 0 Å². The Kier molecular flexibility index (Phi) is 15.2. The van der Waals surface area contributed by atoms with Gasteiger partial charge in [-0.3, -0.25) is 4.79 Å². The summed E-state index contributed by atoms with van der Waals surface area (Å²) < 4.78 is 35.4. The maximum Gasteiger partial charge on any atom is 0.513 e. The summed E-state index contributed by atoms with van der Waals surface area (Å²) in [6.07, 6.45) is -0.931. The van der Waals surface area contributed by atoms with Gasteiger partial charge in [0.1, 0.15) is 18.8 Å². The summed E-state index contributed by atoms with van der Waals surface area (Å²) >= 11 is 0. The van der Waals surface area contributed by atoms with E-state index in [1.54, 1.807) is 19.9 Å². The topological polar surface area (TPSA) is 159 Å². The van der Waals surface area contributed by atoms with Crippen molar-refractivity contribution in [3.05, 3.63) is 23.8 Å². The normalized spacial score (nSPS) is 12.2. The number of esters is 1. The molecular formula is C26H39NO11. The van der Waals surface area contributed by atoms with Gasteiger partial charge in [0.25, 0.3) is 0 Å². The molecule has 0 aliphatic rings. The SMILES string of the molecule is CCCCOC(=O)Oc1ccc(C[C@H](N)C(=O)O[C@@H](C)COC(=O)OC(C)C)cc1OC(=O)OCCCC. The summed E-state index contributed by atoms with van der Waals surface area (Å²) in [5, 5.41) is 0. The van der Waals surface area contributed by atoms with Crippen LogP contribution in [0.15, 0.2) is 18.2 Å². The fourth-order valence-electron chi connectivity index (χ4n) is 2.75. The average Bonchev–Trinajstić information content (AvgIpc) is 2.84. The Hall–Kier alpha value is -3.54. The highest BCUT2D eigenvalue weighted by molar-refractivity contribution is 5.76. The maximum atomic E-state index is 12.4. The highest BCUT2D eigenvalue weighted by atomic mass is 16.7. The summed E-state index contributed by atoms with van der Waals surface area (Å²) in [5.74, 6) is -0.917. The number of benzene rings is 1. The summed E-state index contributed by atoms with van der Waals surface area (Å²) in [6.45, 7) is 8.91. The summed E-state index contributed by atoms with van der Waals surface area (Å²) in [5.41, 5.74) is 6.48. The van der Waals surface area contributed by atoms with E-state index >= 15 is 0 Å². The second-order valence-corrected chi connectivity index (χ2v) is 8.67. The van der Waals surface area contributed by atoms with Crippen molar-refractivity contribution < 1.29 is 52.3 Å². The van der Waals surface area contributed by atoms with Crippen LogP contribution in [-0.2, 0) is 34.9 Å². The van der Waals surface area contributed by atoms with Crippen LogP contribution in [0.3, 0.4) is 0 Å². The molecule has 0 amide bonds. The monoisotopic (exact) mass is 541 g/mol. The molecule has 0 bridgehead atoms. The minimum absolute atomic E-state index is 0.00424. The number of rotatable bonds is 15. The minimum Gasteiger partial charge on any atom is -0.458 e. The fourth-order valence-corrected chi connectivity index (χ4v) is 2.75. The molecule has 0 aliphatic heterocycles. The van der Waals surface area contributed by atoms with Crippen molar-refractivity contribution >= 4 is 24.4 Å². The standard InChI is InChI=1S/C26H39NO11/c1-6-8-12-32-24(29)37-21-11-10-19(15-22(21)38-25(30)33-13-9-7-2)14-20(27)23(28)36-18(5)16-34-26(31)35-17(3)4/h10-11,15,17-18,20H,6-9,12-14,16,27H2,1-5H3/t18-,20-/m0/s1. The molecule has 12 heteroatoms. The Bertz CT molecular complexity index is 903. The molecule has 0 aromatic heterocycles.